The molecule has 2 heterocycles. The smallest absolute Gasteiger partial charge is 0.327 e. The van der Waals surface area contributed by atoms with Gasteiger partial charge in [-0.15, -0.1) is 0 Å². The summed E-state index contributed by atoms with van der Waals surface area (Å²) in [5.41, 5.74) is 6.70. The molecule has 0 radical (unpaired) electrons. The van der Waals surface area contributed by atoms with Crippen molar-refractivity contribution in [2.24, 2.45) is 11.8 Å². The number of nitrogen functional groups attached to an aromatic ring is 1. The quantitative estimate of drug-likeness (QED) is 0.534. The van der Waals surface area contributed by atoms with Gasteiger partial charge >= 0.3 is 6.03 Å². The number of urea groups is 1. The molecular formula is C21H32N4O3S. The first kappa shape index (κ1) is 21.9. The van der Waals surface area contributed by atoms with Crippen molar-refractivity contribution in [1.29, 1.82) is 0 Å². The monoisotopic (exact) mass is 420 g/mol. The number of rotatable bonds is 7. The van der Waals surface area contributed by atoms with E-state index >= 15 is 0 Å². The number of anilines is 1. The molecule has 1 aromatic rings. The van der Waals surface area contributed by atoms with Gasteiger partial charge in [0, 0.05) is 31.3 Å². The molecule has 3 amide bonds. The SMILES string of the molecule is CCOS[C@@H]1[C@@H](Cc2ccnc(N)c2)C(=O)N1C(=O)N(C)[C@H](C)C1CCCCC1. The molecule has 0 aromatic carbocycles. The van der Waals surface area contributed by atoms with Gasteiger partial charge in [0.1, 0.15) is 11.2 Å². The molecule has 2 aliphatic rings. The minimum Gasteiger partial charge on any atom is -0.384 e. The van der Waals surface area contributed by atoms with E-state index in [2.05, 4.69) is 11.9 Å². The Balaban J connectivity index is 1.69. The fourth-order valence-corrected chi connectivity index (χ4v) is 5.22. The van der Waals surface area contributed by atoms with Crippen molar-refractivity contribution in [3.05, 3.63) is 23.9 Å². The molecule has 2 fully saturated rings. The second kappa shape index (κ2) is 9.80. The number of hydrogen-bond acceptors (Lipinski definition) is 6. The average Bonchev–Trinajstić information content (AvgIpc) is 2.74. The molecule has 1 aromatic heterocycles. The van der Waals surface area contributed by atoms with Crippen molar-refractivity contribution in [3.8, 4) is 0 Å². The summed E-state index contributed by atoms with van der Waals surface area (Å²) >= 11 is 1.21. The largest absolute Gasteiger partial charge is 0.384 e. The minimum absolute atomic E-state index is 0.118. The van der Waals surface area contributed by atoms with Gasteiger partial charge in [-0.2, -0.15) is 0 Å². The lowest BCUT2D eigenvalue weighted by atomic mass is 9.84. The Bertz CT molecular complexity index is 726. The number of β-lactam (4-membered cyclic amide) rings is 1. The second-order valence-corrected chi connectivity index (χ2v) is 8.94. The van der Waals surface area contributed by atoms with Gasteiger partial charge in [-0.3, -0.25) is 4.79 Å². The van der Waals surface area contributed by atoms with Crippen LogP contribution in [-0.4, -0.2) is 51.8 Å². The van der Waals surface area contributed by atoms with E-state index in [-0.39, 0.29) is 29.3 Å². The number of nitrogens with zero attached hydrogens (tertiary/aromatic N) is 3. The maximum atomic E-state index is 13.2. The number of carbonyl (C=O) groups excluding carboxylic acids is 2. The molecule has 7 nitrogen and oxygen atoms in total. The van der Waals surface area contributed by atoms with Crippen molar-refractivity contribution in [1.82, 2.24) is 14.8 Å². The normalized spacial score (nSPS) is 23.6. The van der Waals surface area contributed by atoms with Crippen LogP contribution < -0.4 is 5.73 Å². The van der Waals surface area contributed by atoms with Crippen LogP contribution in [0.5, 0.6) is 0 Å². The second-order valence-electron chi connectivity index (χ2n) is 8.03. The summed E-state index contributed by atoms with van der Waals surface area (Å²) in [5, 5.41) is -0.328. The summed E-state index contributed by atoms with van der Waals surface area (Å²) < 4.78 is 5.53. The van der Waals surface area contributed by atoms with Gasteiger partial charge in [-0.1, -0.05) is 19.3 Å². The lowest BCUT2D eigenvalue weighted by Crippen LogP contribution is -2.65. The van der Waals surface area contributed by atoms with Crippen LogP contribution in [0.2, 0.25) is 0 Å². The molecule has 3 rings (SSSR count). The van der Waals surface area contributed by atoms with E-state index in [0.29, 0.717) is 24.8 Å². The minimum atomic E-state index is -0.328. The molecule has 1 saturated heterocycles. The summed E-state index contributed by atoms with van der Waals surface area (Å²) in [7, 11) is 1.81. The number of amides is 3. The van der Waals surface area contributed by atoms with Gasteiger partial charge in [0.25, 0.3) is 0 Å². The van der Waals surface area contributed by atoms with Gasteiger partial charge in [0.05, 0.1) is 12.5 Å². The highest BCUT2D eigenvalue weighted by molar-refractivity contribution is 7.95. The van der Waals surface area contributed by atoms with Gasteiger partial charge in [0.2, 0.25) is 5.91 Å². The number of hydrogen-bond donors (Lipinski definition) is 1. The third-order valence-corrected chi connectivity index (χ3v) is 7.30. The van der Waals surface area contributed by atoms with Crippen molar-refractivity contribution in [2.45, 2.75) is 63.8 Å². The third kappa shape index (κ3) is 4.86. The lowest BCUT2D eigenvalue weighted by Gasteiger charge is -2.47. The first-order valence-electron chi connectivity index (χ1n) is 10.5. The topological polar surface area (TPSA) is 88.8 Å². The molecule has 29 heavy (non-hydrogen) atoms. The Kier molecular flexibility index (Phi) is 7.40. The lowest BCUT2D eigenvalue weighted by molar-refractivity contribution is -0.146. The third-order valence-electron chi connectivity index (χ3n) is 6.19. The Morgan fingerprint density at radius 3 is 2.79 bits per heavy atom. The molecule has 2 N–H and O–H groups in total. The van der Waals surface area contributed by atoms with Gasteiger partial charge < -0.3 is 14.8 Å². The van der Waals surface area contributed by atoms with Crippen molar-refractivity contribution in [2.75, 3.05) is 19.4 Å². The first-order valence-corrected chi connectivity index (χ1v) is 11.3. The Hall–Kier alpha value is -1.80. The van der Waals surface area contributed by atoms with Gasteiger partial charge in [0.15, 0.2) is 0 Å². The van der Waals surface area contributed by atoms with Crippen LogP contribution in [0.4, 0.5) is 10.6 Å². The van der Waals surface area contributed by atoms with E-state index < -0.39 is 0 Å². The Labute approximate surface area is 177 Å². The number of nitrogens with two attached hydrogens (primary N) is 1. The zero-order valence-corrected chi connectivity index (χ0v) is 18.4. The average molecular weight is 421 g/mol. The summed E-state index contributed by atoms with van der Waals surface area (Å²) in [6, 6.07) is 3.52. The van der Waals surface area contributed by atoms with Gasteiger partial charge in [-0.25, -0.2) is 14.7 Å². The van der Waals surface area contributed by atoms with Crippen LogP contribution >= 0.6 is 12.0 Å². The maximum Gasteiger partial charge on any atom is 0.327 e. The highest BCUT2D eigenvalue weighted by atomic mass is 32.2. The fraction of sp³-hybridized carbons (Fsp3) is 0.667. The molecule has 160 valence electrons. The number of pyridine rings is 1. The van der Waals surface area contributed by atoms with Crippen LogP contribution in [-0.2, 0) is 15.4 Å². The van der Waals surface area contributed by atoms with Crippen molar-refractivity contribution < 1.29 is 13.8 Å². The maximum absolute atomic E-state index is 13.2. The predicted octanol–water partition coefficient (Wildman–Crippen LogP) is 3.70. The number of imide groups is 1. The molecule has 1 aliphatic carbocycles. The Morgan fingerprint density at radius 2 is 2.14 bits per heavy atom. The van der Waals surface area contributed by atoms with Crippen molar-refractivity contribution in [3.63, 3.8) is 0 Å². The summed E-state index contributed by atoms with van der Waals surface area (Å²) in [4.78, 5) is 33.2. The number of aromatic nitrogens is 1. The highest BCUT2D eigenvalue weighted by Gasteiger charge is 2.52. The molecule has 0 bridgehead atoms. The molecule has 1 saturated carbocycles. The highest BCUT2D eigenvalue weighted by Crippen LogP contribution is 2.39. The summed E-state index contributed by atoms with van der Waals surface area (Å²) in [6.07, 6.45) is 8.17. The summed E-state index contributed by atoms with van der Waals surface area (Å²) in [6.45, 7) is 4.51. The van der Waals surface area contributed by atoms with E-state index in [1.54, 1.807) is 17.2 Å². The van der Waals surface area contributed by atoms with Crippen LogP contribution in [0.1, 0.15) is 51.5 Å². The van der Waals surface area contributed by atoms with E-state index in [0.717, 1.165) is 18.4 Å². The van der Waals surface area contributed by atoms with Crippen LogP contribution in [0, 0.1) is 11.8 Å². The van der Waals surface area contributed by atoms with E-state index in [4.69, 9.17) is 9.92 Å². The molecule has 0 spiro atoms. The predicted molar refractivity (Wildman–Crippen MR) is 115 cm³/mol. The van der Waals surface area contributed by atoms with Crippen LogP contribution in [0.25, 0.3) is 0 Å². The fourth-order valence-electron chi connectivity index (χ4n) is 4.32. The van der Waals surface area contributed by atoms with Gasteiger partial charge in [-0.05, 0) is 56.7 Å². The van der Waals surface area contributed by atoms with Crippen LogP contribution in [0.3, 0.4) is 0 Å². The molecule has 3 atom stereocenters. The molecule has 8 heteroatoms. The standard InChI is InChI=1S/C21H32N4O3S/c1-4-28-29-20-17(12-15-10-11-23-18(22)13-15)19(26)25(20)21(27)24(3)14(2)16-8-6-5-7-9-16/h10-11,13-14,16-17,20H,4-9,12H2,1-3H3,(H2,22,23)/t14-,17+,20-/m1/s1. The zero-order valence-electron chi connectivity index (χ0n) is 17.5. The van der Waals surface area contributed by atoms with E-state index in [9.17, 15) is 9.59 Å². The summed E-state index contributed by atoms with van der Waals surface area (Å²) in [5.74, 6) is 0.473. The first-order chi connectivity index (χ1) is 13.9. The molecule has 1 aliphatic heterocycles. The molecule has 0 unspecified atom stereocenters. The van der Waals surface area contributed by atoms with Crippen molar-refractivity contribution >= 4 is 29.8 Å². The van der Waals surface area contributed by atoms with E-state index in [1.807, 2.05) is 20.0 Å². The van der Waals surface area contributed by atoms with E-state index in [1.165, 1.54) is 36.2 Å². The Morgan fingerprint density at radius 1 is 1.41 bits per heavy atom. The zero-order chi connectivity index (χ0) is 21.0. The number of likely N-dealkylation sites (tertiary alicyclic amines) is 1. The number of carbonyl (C=O) groups is 2. The van der Waals surface area contributed by atoms with Crippen LogP contribution in [0.15, 0.2) is 18.3 Å². The molecular weight excluding hydrogens is 388 g/mol.